The van der Waals surface area contributed by atoms with Gasteiger partial charge in [0.05, 0.1) is 0 Å². The summed E-state index contributed by atoms with van der Waals surface area (Å²) in [5.41, 5.74) is 1.46. The number of benzene rings is 1. The second-order valence-electron chi connectivity index (χ2n) is 4.70. The number of hydrogen-bond acceptors (Lipinski definition) is 1. The summed E-state index contributed by atoms with van der Waals surface area (Å²) in [5, 5.41) is 0. The van der Waals surface area contributed by atoms with E-state index < -0.39 is 0 Å². The fourth-order valence-electron chi connectivity index (χ4n) is 2.63. The molecule has 1 unspecified atom stereocenters. The van der Waals surface area contributed by atoms with E-state index in [1.807, 2.05) is 6.92 Å². The van der Waals surface area contributed by atoms with Gasteiger partial charge in [0.25, 0.3) is 0 Å². The molecule has 1 saturated heterocycles. The van der Waals surface area contributed by atoms with Crippen LogP contribution in [0.1, 0.15) is 31.7 Å². The van der Waals surface area contributed by atoms with E-state index >= 15 is 0 Å². The second kappa shape index (κ2) is 6.47. The summed E-state index contributed by atoms with van der Waals surface area (Å²) in [5.74, 6) is 6.15. The maximum Gasteiger partial charge on any atom is 0.0217 e. The highest BCUT2D eigenvalue weighted by Crippen LogP contribution is 2.21. The zero-order valence-corrected chi connectivity index (χ0v) is 10.7. The minimum Gasteiger partial charge on any atom is -0.299 e. The van der Waals surface area contributed by atoms with E-state index in [0.29, 0.717) is 0 Å². The average molecular weight is 227 g/mol. The quantitative estimate of drug-likeness (QED) is 0.714. The van der Waals surface area contributed by atoms with Crippen molar-refractivity contribution in [1.82, 2.24) is 4.90 Å². The van der Waals surface area contributed by atoms with E-state index in [4.69, 9.17) is 0 Å². The maximum absolute atomic E-state index is 3.17. The summed E-state index contributed by atoms with van der Waals surface area (Å²) in [4.78, 5) is 2.61. The lowest BCUT2D eigenvalue weighted by Crippen LogP contribution is -2.31. The predicted molar refractivity (Wildman–Crippen MR) is 72.8 cm³/mol. The van der Waals surface area contributed by atoms with Crippen LogP contribution < -0.4 is 0 Å². The summed E-state index contributed by atoms with van der Waals surface area (Å²) in [6.45, 7) is 4.31. The molecule has 0 bridgehead atoms. The minimum absolute atomic E-state index is 0.732. The molecule has 1 aliphatic rings. The van der Waals surface area contributed by atoms with Crippen LogP contribution >= 0.6 is 0 Å². The van der Waals surface area contributed by atoms with Gasteiger partial charge in [-0.25, -0.2) is 0 Å². The van der Waals surface area contributed by atoms with E-state index in [0.717, 1.165) is 19.0 Å². The van der Waals surface area contributed by atoms with Crippen molar-refractivity contribution in [2.75, 3.05) is 13.1 Å². The SMILES string of the molecule is CC#CCCN1CCCC1Cc1ccccc1. The van der Waals surface area contributed by atoms with E-state index in [1.54, 1.807) is 0 Å². The van der Waals surface area contributed by atoms with Gasteiger partial charge in [0.2, 0.25) is 0 Å². The summed E-state index contributed by atoms with van der Waals surface area (Å²) in [6, 6.07) is 11.6. The highest BCUT2D eigenvalue weighted by molar-refractivity contribution is 5.16. The molecule has 0 spiro atoms. The van der Waals surface area contributed by atoms with Gasteiger partial charge in [-0.3, -0.25) is 4.90 Å². The normalized spacial score (nSPS) is 19.9. The molecule has 1 aromatic rings. The van der Waals surface area contributed by atoms with Crippen LogP contribution in [0.3, 0.4) is 0 Å². The van der Waals surface area contributed by atoms with Crippen LogP contribution in [-0.2, 0) is 6.42 Å². The molecule has 1 heterocycles. The number of nitrogens with zero attached hydrogens (tertiary/aromatic N) is 1. The van der Waals surface area contributed by atoms with E-state index in [1.165, 1.54) is 31.4 Å². The fourth-order valence-corrected chi connectivity index (χ4v) is 2.63. The molecule has 1 atom stereocenters. The van der Waals surface area contributed by atoms with Crippen molar-refractivity contribution >= 4 is 0 Å². The molecule has 1 aliphatic heterocycles. The molecule has 1 fully saturated rings. The third-order valence-electron chi connectivity index (χ3n) is 3.51. The molecule has 0 saturated carbocycles. The molecule has 17 heavy (non-hydrogen) atoms. The Labute approximate surface area is 105 Å². The lowest BCUT2D eigenvalue weighted by molar-refractivity contribution is 0.258. The number of hydrogen-bond donors (Lipinski definition) is 0. The molecular formula is C16H21N. The Hall–Kier alpha value is -1.26. The Balaban J connectivity index is 1.88. The van der Waals surface area contributed by atoms with Gasteiger partial charge in [0.1, 0.15) is 0 Å². The number of rotatable bonds is 4. The summed E-state index contributed by atoms with van der Waals surface area (Å²) >= 11 is 0. The second-order valence-corrected chi connectivity index (χ2v) is 4.70. The van der Waals surface area contributed by atoms with Crippen molar-refractivity contribution in [3.8, 4) is 11.8 Å². The van der Waals surface area contributed by atoms with Crippen LogP contribution in [0.15, 0.2) is 30.3 Å². The zero-order chi connectivity index (χ0) is 11.9. The molecule has 0 radical (unpaired) electrons. The Morgan fingerprint density at radius 2 is 2.12 bits per heavy atom. The molecule has 2 rings (SSSR count). The van der Waals surface area contributed by atoms with Gasteiger partial charge in [-0.1, -0.05) is 30.3 Å². The summed E-state index contributed by atoms with van der Waals surface area (Å²) < 4.78 is 0. The van der Waals surface area contributed by atoms with Gasteiger partial charge in [-0.05, 0) is 38.3 Å². The van der Waals surface area contributed by atoms with E-state index in [9.17, 15) is 0 Å². The first-order valence-electron chi connectivity index (χ1n) is 6.57. The molecule has 0 N–H and O–H groups in total. The third kappa shape index (κ3) is 3.61. The van der Waals surface area contributed by atoms with Crippen molar-refractivity contribution in [3.63, 3.8) is 0 Å². The summed E-state index contributed by atoms with van der Waals surface area (Å²) in [7, 11) is 0. The first-order chi connectivity index (χ1) is 8.40. The van der Waals surface area contributed by atoms with Crippen molar-refractivity contribution in [2.45, 2.75) is 38.6 Å². The Kier molecular flexibility index (Phi) is 4.64. The van der Waals surface area contributed by atoms with Crippen LogP contribution in [-0.4, -0.2) is 24.0 Å². The van der Waals surface area contributed by atoms with Gasteiger partial charge < -0.3 is 0 Å². The standard InChI is InChI=1S/C16H21N/c1-2-3-7-12-17-13-8-11-16(17)14-15-9-5-4-6-10-15/h4-6,9-10,16H,7-8,11-14H2,1H3. The predicted octanol–water partition coefficient (Wildman–Crippen LogP) is 3.11. The molecule has 1 heteroatoms. The van der Waals surface area contributed by atoms with Gasteiger partial charge >= 0.3 is 0 Å². The van der Waals surface area contributed by atoms with Crippen molar-refractivity contribution < 1.29 is 0 Å². The highest BCUT2D eigenvalue weighted by atomic mass is 15.2. The smallest absolute Gasteiger partial charge is 0.0217 e. The Bertz CT molecular complexity index is 385. The molecule has 0 aromatic heterocycles. The Morgan fingerprint density at radius 3 is 2.88 bits per heavy atom. The van der Waals surface area contributed by atoms with Crippen LogP contribution in [0, 0.1) is 11.8 Å². The van der Waals surface area contributed by atoms with Gasteiger partial charge in [0.15, 0.2) is 0 Å². The summed E-state index contributed by atoms with van der Waals surface area (Å²) in [6.07, 6.45) is 4.90. The number of likely N-dealkylation sites (tertiary alicyclic amines) is 1. The van der Waals surface area contributed by atoms with Crippen LogP contribution in [0.2, 0.25) is 0 Å². The lowest BCUT2D eigenvalue weighted by atomic mass is 10.0. The minimum atomic E-state index is 0.732. The first-order valence-corrected chi connectivity index (χ1v) is 6.57. The Morgan fingerprint density at radius 1 is 1.29 bits per heavy atom. The molecule has 90 valence electrons. The van der Waals surface area contributed by atoms with Gasteiger partial charge in [0, 0.05) is 19.0 Å². The molecule has 0 aliphatic carbocycles. The molecule has 0 amide bonds. The topological polar surface area (TPSA) is 3.24 Å². The van der Waals surface area contributed by atoms with Crippen molar-refractivity contribution in [1.29, 1.82) is 0 Å². The van der Waals surface area contributed by atoms with E-state index in [2.05, 4.69) is 47.1 Å². The van der Waals surface area contributed by atoms with Crippen molar-refractivity contribution in [2.24, 2.45) is 0 Å². The van der Waals surface area contributed by atoms with Crippen LogP contribution in [0.5, 0.6) is 0 Å². The first kappa shape index (κ1) is 12.2. The van der Waals surface area contributed by atoms with Gasteiger partial charge in [-0.15, -0.1) is 11.8 Å². The molecule has 1 nitrogen and oxygen atoms in total. The highest BCUT2D eigenvalue weighted by Gasteiger charge is 2.23. The fraction of sp³-hybridized carbons (Fsp3) is 0.500. The maximum atomic E-state index is 3.17. The van der Waals surface area contributed by atoms with E-state index in [-0.39, 0.29) is 0 Å². The third-order valence-corrected chi connectivity index (χ3v) is 3.51. The van der Waals surface area contributed by atoms with Crippen LogP contribution in [0.4, 0.5) is 0 Å². The van der Waals surface area contributed by atoms with Crippen molar-refractivity contribution in [3.05, 3.63) is 35.9 Å². The van der Waals surface area contributed by atoms with Crippen LogP contribution in [0.25, 0.3) is 0 Å². The zero-order valence-electron chi connectivity index (χ0n) is 10.7. The monoisotopic (exact) mass is 227 g/mol. The lowest BCUT2D eigenvalue weighted by Gasteiger charge is -2.23. The van der Waals surface area contributed by atoms with Gasteiger partial charge in [-0.2, -0.15) is 0 Å². The molecular weight excluding hydrogens is 206 g/mol. The average Bonchev–Trinajstić information content (AvgIpc) is 2.79. The molecule has 1 aromatic carbocycles. The largest absolute Gasteiger partial charge is 0.299 e.